The lowest BCUT2D eigenvalue weighted by molar-refractivity contribution is 0.403. The third kappa shape index (κ3) is 5.96. The van der Waals surface area contributed by atoms with Crippen LogP contribution in [0.4, 0.5) is 0 Å². The molecule has 0 fully saturated rings. The smallest absolute Gasteiger partial charge is 0.122 e. The fourth-order valence-corrected chi connectivity index (χ4v) is 2.75. The summed E-state index contributed by atoms with van der Waals surface area (Å²) < 4.78 is 6.56. The molecule has 2 nitrogen and oxygen atoms in total. The van der Waals surface area contributed by atoms with Gasteiger partial charge in [-0.2, -0.15) is 0 Å². The summed E-state index contributed by atoms with van der Waals surface area (Å²) in [5.41, 5.74) is 1.27. The van der Waals surface area contributed by atoms with Gasteiger partial charge in [-0.05, 0) is 43.7 Å². The maximum Gasteiger partial charge on any atom is 0.122 e. The first-order valence-corrected chi connectivity index (χ1v) is 8.00. The first kappa shape index (κ1) is 16.5. The zero-order valence-electron chi connectivity index (χ0n) is 12.3. The highest BCUT2D eigenvalue weighted by atomic mass is 79.9. The van der Waals surface area contributed by atoms with E-state index in [1.54, 1.807) is 7.11 Å². The molecule has 19 heavy (non-hydrogen) atoms. The van der Waals surface area contributed by atoms with E-state index in [1.165, 1.54) is 37.7 Å². The Balaban J connectivity index is 2.56. The van der Waals surface area contributed by atoms with Gasteiger partial charge in [0.2, 0.25) is 0 Å². The van der Waals surface area contributed by atoms with Crippen LogP contribution in [0.25, 0.3) is 0 Å². The van der Waals surface area contributed by atoms with Crippen molar-refractivity contribution in [2.24, 2.45) is 0 Å². The lowest BCUT2D eigenvalue weighted by Gasteiger charge is -2.18. The second-order valence-electron chi connectivity index (χ2n) is 5.00. The SMILES string of the molecule is CCCCCCC(Cc1cc(Br)ccc1OC)NC. The molecule has 1 aromatic carbocycles. The first-order chi connectivity index (χ1) is 9.21. The molecule has 1 atom stereocenters. The number of halogens is 1. The predicted molar refractivity (Wildman–Crippen MR) is 86.0 cm³/mol. The van der Waals surface area contributed by atoms with E-state index in [4.69, 9.17) is 4.74 Å². The van der Waals surface area contributed by atoms with Gasteiger partial charge < -0.3 is 10.1 Å². The summed E-state index contributed by atoms with van der Waals surface area (Å²) in [5.74, 6) is 0.983. The van der Waals surface area contributed by atoms with Crippen LogP contribution in [-0.4, -0.2) is 20.2 Å². The maximum atomic E-state index is 5.44. The van der Waals surface area contributed by atoms with Gasteiger partial charge in [0.05, 0.1) is 7.11 Å². The Kier molecular flexibility index (Phi) is 8.15. The highest BCUT2D eigenvalue weighted by Gasteiger charge is 2.11. The molecule has 0 bridgehead atoms. The first-order valence-electron chi connectivity index (χ1n) is 7.21. The van der Waals surface area contributed by atoms with Gasteiger partial charge in [0.25, 0.3) is 0 Å². The van der Waals surface area contributed by atoms with E-state index in [0.717, 1.165) is 16.6 Å². The fourth-order valence-electron chi connectivity index (χ4n) is 2.34. The largest absolute Gasteiger partial charge is 0.496 e. The average Bonchev–Trinajstić information content (AvgIpc) is 2.42. The van der Waals surface area contributed by atoms with Crippen molar-refractivity contribution in [3.63, 3.8) is 0 Å². The minimum Gasteiger partial charge on any atom is -0.496 e. The number of hydrogen-bond acceptors (Lipinski definition) is 2. The molecule has 0 saturated heterocycles. The van der Waals surface area contributed by atoms with Gasteiger partial charge in [-0.1, -0.05) is 48.5 Å². The van der Waals surface area contributed by atoms with Crippen molar-refractivity contribution in [2.75, 3.05) is 14.2 Å². The molecule has 3 heteroatoms. The average molecular weight is 328 g/mol. The monoisotopic (exact) mass is 327 g/mol. The third-order valence-corrected chi connectivity index (χ3v) is 4.02. The molecule has 0 aromatic heterocycles. The van der Waals surface area contributed by atoms with Crippen LogP contribution in [0.2, 0.25) is 0 Å². The Morgan fingerprint density at radius 2 is 2.05 bits per heavy atom. The lowest BCUT2D eigenvalue weighted by atomic mass is 9.99. The minimum absolute atomic E-state index is 0.528. The molecular weight excluding hydrogens is 302 g/mol. The predicted octanol–water partition coefficient (Wildman–Crippen LogP) is 4.56. The topological polar surface area (TPSA) is 21.3 Å². The van der Waals surface area contributed by atoms with Crippen LogP contribution >= 0.6 is 15.9 Å². The third-order valence-electron chi connectivity index (χ3n) is 3.52. The van der Waals surface area contributed by atoms with Crippen molar-refractivity contribution >= 4 is 15.9 Å². The molecule has 0 aliphatic carbocycles. The van der Waals surface area contributed by atoms with E-state index in [0.29, 0.717) is 6.04 Å². The molecule has 0 heterocycles. The zero-order chi connectivity index (χ0) is 14.1. The summed E-state index contributed by atoms with van der Waals surface area (Å²) in [7, 11) is 3.79. The van der Waals surface area contributed by atoms with Crippen molar-refractivity contribution in [3.8, 4) is 5.75 Å². The number of unbranched alkanes of at least 4 members (excludes halogenated alkanes) is 3. The summed E-state index contributed by atoms with van der Waals surface area (Å²) in [6.45, 7) is 2.25. The fraction of sp³-hybridized carbons (Fsp3) is 0.625. The highest BCUT2D eigenvalue weighted by Crippen LogP contribution is 2.25. The number of hydrogen-bond donors (Lipinski definition) is 1. The van der Waals surface area contributed by atoms with E-state index >= 15 is 0 Å². The maximum absolute atomic E-state index is 5.44. The van der Waals surface area contributed by atoms with Crippen LogP contribution in [0.5, 0.6) is 5.75 Å². The van der Waals surface area contributed by atoms with Crippen LogP contribution < -0.4 is 10.1 Å². The van der Waals surface area contributed by atoms with Gasteiger partial charge in [-0.3, -0.25) is 0 Å². The van der Waals surface area contributed by atoms with E-state index in [-0.39, 0.29) is 0 Å². The molecule has 0 saturated carbocycles. The van der Waals surface area contributed by atoms with Crippen LogP contribution in [0.15, 0.2) is 22.7 Å². The van der Waals surface area contributed by atoms with E-state index in [2.05, 4.69) is 41.3 Å². The molecule has 1 unspecified atom stereocenters. The molecule has 0 aliphatic rings. The van der Waals surface area contributed by atoms with Gasteiger partial charge in [0.1, 0.15) is 5.75 Å². The van der Waals surface area contributed by atoms with Crippen molar-refractivity contribution in [1.29, 1.82) is 0 Å². The Hall–Kier alpha value is -0.540. The molecule has 0 spiro atoms. The lowest BCUT2D eigenvalue weighted by Crippen LogP contribution is -2.27. The Morgan fingerprint density at radius 1 is 1.26 bits per heavy atom. The molecule has 1 N–H and O–H groups in total. The quantitative estimate of drug-likeness (QED) is 0.671. The second kappa shape index (κ2) is 9.38. The van der Waals surface area contributed by atoms with Crippen molar-refractivity contribution < 1.29 is 4.74 Å². The number of methoxy groups -OCH3 is 1. The van der Waals surface area contributed by atoms with Crippen molar-refractivity contribution in [3.05, 3.63) is 28.2 Å². The van der Waals surface area contributed by atoms with E-state index < -0.39 is 0 Å². The van der Waals surface area contributed by atoms with Crippen LogP contribution in [0, 0.1) is 0 Å². The molecule has 1 rings (SSSR count). The van der Waals surface area contributed by atoms with Crippen LogP contribution in [0.3, 0.4) is 0 Å². The summed E-state index contributed by atoms with van der Waals surface area (Å²) in [5, 5.41) is 3.43. The Bertz CT molecular complexity index is 368. The zero-order valence-corrected chi connectivity index (χ0v) is 13.9. The van der Waals surface area contributed by atoms with Crippen molar-refractivity contribution in [2.45, 2.75) is 51.5 Å². The van der Waals surface area contributed by atoms with Crippen molar-refractivity contribution in [1.82, 2.24) is 5.32 Å². The van der Waals surface area contributed by atoms with E-state index in [1.807, 2.05) is 12.1 Å². The highest BCUT2D eigenvalue weighted by molar-refractivity contribution is 9.10. The van der Waals surface area contributed by atoms with Gasteiger partial charge in [-0.15, -0.1) is 0 Å². The van der Waals surface area contributed by atoms with Gasteiger partial charge in [0, 0.05) is 10.5 Å². The van der Waals surface area contributed by atoms with Gasteiger partial charge in [0.15, 0.2) is 0 Å². The standard InChI is InChI=1S/C16H26BrNO/c1-4-5-6-7-8-15(18-2)12-13-11-14(17)9-10-16(13)19-3/h9-11,15,18H,4-8,12H2,1-3H3. The summed E-state index contributed by atoms with van der Waals surface area (Å²) in [4.78, 5) is 0. The molecule has 108 valence electrons. The van der Waals surface area contributed by atoms with Gasteiger partial charge >= 0.3 is 0 Å². The molecule has 1 aromatic rings. The summed E-state index contributed by atoms with van der Waals surface area (Å²) in [6.07, 6.45) is 7.53. The molecule has 0 amide bonds. The molecular formula is C16H26BrNO. The minimum atomic E-state index is 0.528. The molecule has 0 aliphatic heterocycles. The number of nitrogens with one attached hydrogen (secondary N) is 1. The second-order valence-corrected chi connectivity index (χ2v) is 5.91. The van der Waals surface area contributed by atoms with E-state index in [9.17, 15) is 0 Å². The number of likely N-dealkylation sites (N-methyl/N-ethyl adjacent to an activating group) is 1. The number of ether oxygens (including phenoxy) is 1. The Labute approximate surface area is 126 Å². The summed E-state index contributed by atoms with van der Waals surface area (Å²) in [6, 6.07) is 6.75. The Morgan fingerprint density at radius 3 is 2.68 bits per heavy atom. The van der Waals surface area contributed by atoms with Crippen LogP contribution in [-0.2, 0) is 6.42 Å². The van der Waals surface area contributed by atoms with Crippen LogP contribution in [0.1, 0.15) is 44.6 Å². The molecule has 0 radical (unpaired) electrons. The number of benzene rings is 1. The number of rotatable bonds is 9. The normalized spacial score (nSPS) is 12.4. The van der Waals surface area contributed by atoms with Gasteiger partial charge in [-0.25, -0.2) is 0 Å². The summed E-state index contributed by atoms with van der Waals surface area (Å²) >= 11 is 3.53.